The Hall–Kier alpha value is -0.610. The fourth-order valence-corrected chi connectivity index (χ4v) is 0.951. The molecule has 0 aromatic rings. The highest BCUT2D eigenvalue weighted by molar-refractivity contribution is 5.69. The van der Waals surface area contributed by atoms with Gasteiger partial charge in [0, 0.05) is 12.0 Å². The van der Waals surface area contributed by atoms with Gasteiger partial charge >= 0.3 is 5.97 Å². The van der Waals surface area contributed by atoms with E-state index in [2.05, 4.69) is 0 Å². The zero-order valence-corrected chi connectivity index (χ0v) is 8.21. The molecule has 4 nitrogen and oxygen atoms in total. The number of hydrogen-bond acceptors (Lipinski definition) is 4. The van der Waals surface area contributed by atoms with E-state index in [-0.39, 0.29) is 17.6 Å². The lowest BCUT2D eigenvalue weighted by molar-refractivity contribution is -0.172. The van der Waals surface area contributed by atoms with Crippen LogP contribution in [-0.2, 0) is 14.3 Å². The van der Waals surface area contributed by atoms with Gasteiger partial charge in [-0.15, -0.1) is 0 Å². The van der Waals surface area contributed by atoms with E-state index in [4.69, 9.17) is 15.2 Å². The minimum Gasteiger partial charge on any atom is -0.457 e. The molecule has 1 aliphatic heterocycles. The van der Waals surface area contributed by atoms with Crippen molar-refractivity contribution in [1.82, 2.24) is 0 Å². The summed E-state index contributed by atoms with van der Waals surface area (Å²) >= 11 is 0. The summed E-state index contributed by atoms with van der Waals surface area (Å²) in [4.78, 5) is 11.2. The number of carbonyl (C=O) groups is 1. The lowest BCUT2D eigenvalue weighted by Crippen LogP contribution is -2.38. The van der Waals surface area contributed by atoms with E-state index in [0.29, 0.717) is 26.1 Å². The standard InChI is InChI=1S/C9H17NO3/c1-9(2,10)4-3-8(11)13-7-5-12-6-7/h7H,3-6,10H2,1-2H3. The molecule has 0 aromatic heterocycles. The highest BCUT2D eigenvalue weighted by atomic mass is 16.6. The summed E-state index contributed by atoms with van der Waals surface area (Å²) in [7, 11) is 0. The average Bonchev–Trinajstić information content (AvgIpc) is 1.91. The Morgan fingerprint density at radius 1 is 1.62 bits per heavy atom. The fourth-order valence-electron chi connectivity index (χ4n) is 0.951. The summed E-state index contributed by atoms with van der Waals surface area (Å²) < 4.78 is 9.94. The largest absolute Gasteiger partial charge is 0.457 e. The van der Waals surface area contributed by atoms with Crippen LogP contribution in [0.3, 0.4) is 0 Å². The maximum Gasteiger partial charge on any atom is 0.306 e. The van der Waals surface area contributed by atoms with Gasteiger partial charge in [0.05, 0.1) is 13.2 Å². The number of esters is 1. The monoisotopic (exact) mass is 187 g/mol. The molecule has 1 heterocycles. The highest BCUT2D eigenvalue weighted by Crippen LogP contribution is 2.11. The molecule has 0 aliphatic carbocycles. The molecule has 0 unspecified atom stereocenters. The second-order valence-corrected chi connectivity index (χ2v) is 4.14. The van der Waals surface area contributed by atoms with Gasteiger partial charge in [-0.05, 0) is 20.3 Å². The van der Waals surface area contributed by atoms with Crippen molar-refractivity contribution >= 4 is 5.97 Å². The van der Waals surface area contributed by atoms with Crippen LogP contribution in [0.4, 0.5) is 0 Å². The number of rotatable bonds is 4. The molecule has 0 saturated carbocycles. The van der Waals surface area contributed by atoms with Crippen molar-refractivity contribution in [3.63, 3.8) is 0 Å². The molecule has 1 fully saturated rings. The lowest BCUT2D eigenvalue weighted by atomic mass is 10.0. The van der Waals surface area contributed by atoms with E-state index in [0.717, 1.165) is 0 Å². The molecule has 1 rings (SSSR count). The summed E-state index contributed by atoms with van der Waals surface area (Å²) in [5.74, 6) is -0.174. The minimum absolute atomic E-state index is 0.0200. The third-order valence-electron chi connectivity index (χ3n) is 1.88. The first kappa shape index (κ1) is 10.5. The molecule has 0 aromatic carbocycles. The molecule has 4 heteroatoms. The quantitative estimate of drug-likeness (QED) is 0.649. The fraction of sp³-hybridized carbons (Fsp3) is 0.889. The normalized spacial score (nSPS) is 18.1. The van der Waals surface area contributed by atoms with E-state index in [1.807, 2.05) is 13.8 Å². The Bertz CT molecular complexity index is 182. The predicted molar refractivity (Wildman–Crippen MR) is 48.2 cm³/mol. The van der Waals surface area contributed by atoms with E-state index in [1.54, 1.807) is 0 Å². The van der Waals surface area contributed by atoms with Gasteiger partial charge in [0.15, 0.2) is 0 Å². The zero-order chi connectivity index (χ0) is 9.90. The molecule has 2 N–H and O–H groups in total. The van der Waals surface area contributed by atoms with Crippen LogP contribution in [0.5, 0.6) is 0 Å². The van der Waals surface area contributed by atoms with Crippen molar-refractivity contribution in [3.05, 3.63) is 0 Å². The topological polar surface area (TPSA) is 61.6 Å². The van der Waals surface area contributed by atoms with Gasteiger partial charge in [0.2, 0.25) is 0 Å². The molecule has 13 heavy (non-hydrogen) atoms. The SMILES string of the molecule is CC(C)(N)CCC(=O)OC1COC1. The van der Waals surface area contributed by atoms with Gasteiger partial charge in [0.1, 0.15) is 6.10 Å². The van der Waals surface area contributed by atoms with Crippen molar-refractivity contribution < 1.29 is 14.3 Å². The van der Waals surface area contributed by atoms with Crippen molar-refractivity contribution in [2.24, 2.45) is 5.73 Å². The number of carbonyl (C=O) groups excluding carboxylic acids is 1. The number of ether oxygens (including phenoxy) is 2. The van der Waals surface area contributed by atoms with Crippen LogP contribution in [0.2, 0.25) is 0 Å². The molecule has 0 amide bonds. The first-order valence-corrected chi connectivity index (χ1v) is 4.53. The third kappa shape index (κ3) is 4.24. The Morgan fingerprint density at radius 2 is 2.23 bits per heavy atom. The van der Waals surface area contributed by atoms with Crippen LogP contribution < -0.4 is 5.73 Å². The lowest BCUT2D eigenvalue weighted by Gasteiger charge is -2.26. The molecule has 0 spiro atoms. The van der Waals surface area contributed by atoms with E-state index in [1.165, 1.54) is 0 Å². The summed E-state index contributed by atoms with van der Waals surface area (Å²) in [5.41, 5.74) is 5.43. The molecule has 1 saturated heterocycles. The molecule has 0 bridgehead atoms. The molecular formula is C9H17NO3. The van der Waals surface area contributed by atoms with Crippen molar-refractivity contribution in [2.75, 3.05) is 13.2 Å². The number of nitrogens with two attached hydrogens (primary N) is 1. The Balaban J connectivity index is 2.10. The van der Waals surface area contributed by atoms with Crippen LogP contribution >= 0.6 is 0 Å². The van der Waals surface area contributed by atoms with E-state index >= 15 is 0 Å². The smallest absolute Gasteiger partial charge is 0.306 e. The van der Waals surface area contributed by atoms with Crippen molar-refractivity contribution in [3.8, 4) is 0 Å². The van der Waals surface area contributed by atoms with Crippen molar-refractivity contribution in [2.45, 2.75) is 38.3 Å². The summed E-state index contributed by atoms with van der Waals surface area (Å²) in [5, 5.41) is 0. The first-order chi connectivity index (χ1) is 5.97. The minimum atomic E-state index is -0.296. The maximum absolute atomic E-state index is 11.2. The third-order valence-corrected chi connectivity index (χ3v) is 1.88. The number of hydrogen-bond donors (Lipinski definition) is 1. The van der Waals surface area contributed by atoms with Crippen LogP contribution in [0, 0.1) is 0 Å². The Morgan fingerprint density at radius 3 is 2.62 bits per heavy atom. The summed E-state index contributed by atoms with van der Waals surface area (Å²) in [6.07, 6.45) is 1.02. The van der Waals surface area contributed by atoms with E-state index in [9.17, 15) is 4.79 Å². The van der Waals surface area contributed by atoms with Gasteiger partial charge < -0.3 is 15.2 Å². The molecule has 1 aliphatic rings. The molecule has 0 radical (unpaired) electrons. The van der Waals surface area contributed by atoms with Gasteiger partial charge in [-0.3, -0.25) is 4.79 Å². The molecular weight excluding hydrogens is 170 g/mol. The Kier molecular flexibility index (Phi) is 3.27. The second-order valence-electron chi connectivity index (χ2n) is 4.14. The Labute approximate surface area is 78.4 Å². The van der Waals surface area contributed by atoms with Crippen LogP contribution in [0.15, 0.2) is 0 Å². The van der Waals surface area contributed by atoms with Crippen molar-refractivity contribution in [1.29, 1.82) is 0 Å². The maximum atomic E-state index is 11.2. The second kappa shape index (κ2) is 4.07. The van der Waals surface area contributed by atoms with Crippen LogP contribution in [0.25, 0.3) is 0 Å². The van der Waals surface area contributed by atoms with Crippen LogP contribution in [-0.4, -0.2) is 30.8 Å². The predicted octanol–water partition coefficient (Wildman–Crippen LogP) is 0.446. The zero-order valence-electron chi connectivity index (χ0n) is 8.21. The summed E-state index contributed by atoms with van der Waals surface area (Å²) in [6.45, 7) is 4.87. The van der Waals surface area contributed by atoms with Gasteiger partial charge in [-0.1, -0.05) is 0 Å². The first-order valence-electron chi connectivity index (χ1n) is 4.53. The molecule has 0 atom stereocenters. The van der Waals surface area contributed by atoms with E-state index < -0.39 is 0 Å². The van der Waals surface area contributed by atoms with Gasteiger partial charge in [-0.2, -0.15) is 0 Å². The molecule has 76 valence electrons. The van der Waals surface area contributed by atoms with Gasteiger partial charge in [-0.25, -0.2) is 0 Å². The highest BCUT2D eigenvalue weighted by Gasteiger charge is 2.23. The summed E-state index contributed by atoms with van der Waals surface area (Å²) in [6, 6.07) is 0. The van der Waals surface area contributed by atoms with Gasteiger partial charge in [0.25, 0.3) is 0 Å². The van der Waals surface area contributed by atoms with Crippen LogP contribution in [0.1, 0.15) is 26.7 Å². The average molecular weight is 187 g/mol.